The highest BCUT2D eigenvalue weighted by atomic mass is 14.9. The van der Waals surface area contributed by atoms with Crippen molar-refractivity contribution in [1.82, 2.24) is 0 Å². The number of anilines is 2. The maximum Gasteiger partial charge on any atom is 0.0631 e. The Morgan fingerprint density at radius 2 is 1.07 bits per heavy atom. The van der Waals surface area contributed by atoms with Crippen molar-refractivity contribution >= 4 is 23.3 Å². The van der Waals surface area contributed by atoms with Crippen LogP contribution in [0.4, 0.5) is 17.1 Å². The van der Waals surface area contributed by atoms with Gasteiger partial charge in [0.15, 0.2) is 0 Å². The number of hydrogen-bond donors (Lipinski definition) is 1. The molecule has 0 aliphatic heterocycles. The average Bonchev–Trinajstić information content (AvgIpc) is 2.75. The van der Waals surface area contributed by atoms with Gasteiger partial charge in [0.2, 0.25) is 0 Å². The van der Waals surface area contributed by atoms with E-state index >= 15 is 0 Å². The topological polar surface area (TPSA) is 24.4 Å². The minimum atomic E-state index is 0.931. The molecule has 0 saturated heterocycles. The summed E-state index contributed by atoms with van der Waals surface area (Å²) in [7, 11) is 0. The summed E-state index contributed by atoms with van der Waals surface area (Å²) in [5.41, 5.74) is 6.58. The van der Waals surface area contributed by atoms with Gasteiger partial charge >= 0.3 is 0 Å². The van der Waals surface area contributed by atoms with E-state index in [4.69, 9.17) is 0 Å². The van der Waals surface area contributed by atoms with Crippen molar-refractivity contribution in [2.24, 2.45) is 4.99 Å². The van der Waals surface area contributed by atoms with Gasteiger partial charge in [-0.15, -0.1) is 0 Å². The van der Waals surface area contributed by atoms with E-state index in [1.54, 1.807) is 0 Å². The van der Waals surface area contributed by atoms with Crippen molar-refractivity contribution in [3.8, 4) is 11.1 Å². The molecule has 2 heteroatoms. The third kappa shape index (κ3) is 4.50. The Hall–Kier alpha value is -3.65. The Morgan fingerprint density at radius 1 is 0.519 bits per heavy atom. The van der Waals surface area contributed by atoms with Crippen LogP contribution in [0.3, 0.4) is 0 Å². The van der Waals surface area contributed by atoms with E-state index in [-0.39, 0.29) is 0 Å². The molecule has 0 unspecified atom stereocenters. The van der Waals surface area contributed by atoms with E-state index < -0.39 is 0 Å². The smallest absolute Gasteiger partial charge is 0.0631 e. The van der Waals surface area contributed by atoms with Crippen LogP contribution in [0.25, 0.3) is 11.1 Å². The van der Waals surface area contributed by atoms with Crippen molar-refractivity contribution in [1.29, 1.82) is 0 Å². The molecule has 4 rings (SSSR count). The fourth-order valence-corrected chi connectivity index (χ4v) is 2.86. The summed E-state index contributed by atoms with van der Waals surface area (Å²) in [5.74, 6) is 0. The molecule has 0 fully saturated rings. The molecule has 0 aliphatic rings. The van der Waals surface area contributed by atoms with E-state index in [0.29, 0.717) is 0 Å². The maximum absolute atomic E-state index is 4.57. The number of nitrogens with zero attached hydrogens (tertiary/aromatic N) is 1. The van der Waals surface area contributed by atoms with Crippen molar-refractivity contribution in [2.75, 3.05) is 5.32 Å². The first-order valence-electron chi connectivity index (χ1n) is 8.98. The third-order valence-corrected chi connectivity index (χ3v) is 4.31. The van der Waals surface area contributed by atoms with Gasteiger partial charge in [-0.25, -0.2) is 0 Å². The van der Waals surface area contributed by atoms with E-state index in [2.05, 4.69) is 58.8 Å². The molecule has 130 valence electrons. The molecule has 0 bridgehead atoms. The predicted molar refractivity (Wildman–Crippen MR) is 115 cm³/mol. The van der Waals surface area contributed by atoms with E-state index in [0.717, 1.165) is 22.6 Å². The van der Waals surface area contributed by atoms with Gasteiger partial charge in [0.05, 0.1) is 5.69 Å². The Kier molecular flexibility index (Phi) is 5.07. The van der Waals surface area contributed by atoms with Crippen LogP contribution < -0.4 is 5.32 Å². The fraction of sp³-hybridized carbons (Fsp3) is 0. The molecule has 4 aromatic carbocycles. The van der Waals surface area contributed by atoms with Crippen LogP contribution in [0.5, 0.6) is 0 Å². The van der Waals surface area contributed by atoms with Crippen molar-refractivity contribution in [3.05, 3.63) is 115 Å². The van der Waals surface area contributed by atoms with Crippen molar-refractivity contribution in [2.45, 2.75) is 0 Å². The second-order valence-corrected chi connectivity index (χ2v) is 6.28. The normalized spacial score (nSPS) is 10.8. The van der Waals surface area contributed by atoms with E-state index in [1.165, 1.54) is 11.1 Å². The number of rotatable bonds is 5. The van der Waals surface area contributed by atoms with Gasteiger partial charge in [0, 0.05) is 17.6 Å². The SMILES string of the molecule is C(=Nc1ccc(Nc2ccccc2)cc1)c1ccc(-c2ccccc2)cc1. The Bertz CT molecular complexity index is 1000. The van der Waals surface area contributed by atoms with Crippen LogP contribution in [-0.4, -0.2) is 6.21 Å². The van der Waals surface area contributed by atoms with Crippen molar-refractivity contribution in [3.63, 3.8) is 0 Å². The molecule has 0 heterocycles. The molecule has 27 heavy (non-hydrogen) atoms. The van der Waals surface area contributed by atoms with Gasteiger partial charge in [-0.1, -0.05) is 72.8 Å². The molecule has 0 radical (unpaired) electrons. The number of benzene rings is 4. The fourth-order valence-electron chi connectivity index (χ4n) is 2.86. The zero-order valence-corrected chi connectivity index (χ0v) is 14.9. The number of hydrogen-bond acceptors (Lipinski definition) is 2. The van der Waals surface area contributed by atoms with Gasteiger partial charge < -0.3 is 5.32 Å². The van der Waals surface area contributed by atoms with Crippen molar-refractivity contribution < 1.29 is 0 Å². The molecule has 0 saturated carbocycles. The summed E-state index contributed by atoms with van der Waals surface area (Å²) in [6, 6.07) is 37.1. The molecule has 0 spiro atoms. The van der Waals surface area contributed by atoms with E-state index in [1.807, 2.05) is 66.9 Å². The monoisotopic (exact) mass is 348 g/mol. The molecule has 2 nitrogen and oxygen atoms in total. The first-order valence-corrected chi connectivity index (χ1v) is 8.98. The summed E-state index contributed by atoms with van der Waals surface area (Å²) >= 11 is 0. The summed E-state index contributed by atoms with van der Waals surface area (Å²) in [6.07, 6.45) is 1.90. The van der Waals surface area contributed by atoms with Gasteiger partial charge in [0.25, 0.3) is 0 Å². The highest BCUT2D eigenvalue weighted by molar-refractivity contribution is 5.83. The predicted octanol–water partition coefficient (Wildman–Crippen LogP) is 6.85. The second-order valence-electron chi connectivity index (χ2n) is 6.28. The largest absolute Gasteiger partial charge is 0.356 e. The number of aliphatic imine (C=N–C) groups is 1. The molecule has 0 amide bonds. The summed E-state index contributed by atoms with van der Waals surface area (Å²) in [4.78, 5) is 4.57. The number of para-hydroxylation sites is 1. The average molecular weight is 348 g/mol. The summed E-state index contributed by atoms with van der Waals surface area (Å²) in [6.45, 7) is 0. The Balaban J connectivity index is 1.42. The molecule has 1 N–H and O–H groups in total. The highest BCUT2D eigenvalue weighted by Crippen LogP contribution is 2.21. The zero-order valence-electron chi connectivity index (χ0n) is 14.9. The van der Waals surface area contributed by atoms with Gasteiger partial charge in [-0.05, 0) is 53.1 Å². The van der Waals surface area contributed by atoms with Gasteiger partial charge in [0.1, 0.15) is 0 Å². The lowest BCUT2D eigenvalue weighted by atomic mass is 10.0. The Morgan fingerprint density at radius 3 is 1.74 bits per heavy atom. The van der Waals surface area contributed by atoms with Crippen LogP contribution in [0.15, 0.2) is 114 Å². The lowest BCUT2D eigenvalue weighted by Crippen LogP contribution is -1.88. The van der Waals surface area contributed by atoms with Gasteiger partial charge in [-0.3, -0.25) is 4.99 Å². The summed E-state index contributed by atoms with van der Waals surface area (Å²) in [5, 5.41) is 3.37. The molecule has 4 aromatic rings. The molecule has 0 aliphatic carbocycles. The van der Waals surface area contributed by atoms with E-state index in [9.17, 15) is 0 Å². The first kappa shape index (κ1) is 16.8. The standard InChI is InChI=1S/C25H20N2/c1-3-7-21(8-4-1)22-13-11-20(12-14-22)19-26-23-15-17-25(18-16-23)27-24-9-5-2-6-10-24/h1-19,27H. The lowest BCUT2D eigenvalue weighted by Gasteiger charge is -2.06. The van der Waals surface area contributed by atoms with Crippen LogP contribution in [0.2, 0.25) is 0 Å². The minimum Gasteiger partial charge on any atom is -0.356 e. The third-order valence-electron chi connectivity index (χ3n) is 4.31. The Labute approximate surface area is 159 Å². The first-order chi connectivity index (χ1) is 13.4. The van der Waals surface area contributed by atoms with Crippen LogP contribution in [0, 0.1) is 0 Å². The minimum absolute atomic E-state index is 0.931. The molecular weight excluding hydrogens is 328 g/mol. The molecule has 0 aromatic heterocycles. The second kappa shape index (κ2) is 8.15. The van der Waals surface area contributed by atoms with Gasteiger partial charge in [-0.2, -0.15) is 0 Å². The van der Waals surface area contributed by atoms with Crippen LogP contribution >= 0.6 is 0 Å². The lowest BCUT2D eigenvalue weighted by molar-refractivity contribution is 1.50. The van der Waals surface area contributed by atoms with Crippen LogP contribution in [0.1, 0.15) is 5.56 Å². The highest BCUT2D eigenvalue weighted by Gasteiger charge is 1.97. The molecule has 0 atom stereocenters. The zero-order chi connectivity index (χ0) is 18.3. The van der Waals surface area contributed by atoms with Crippen LogP contribution in [-0.2, 0) is 0 Å². The summed E-state index contributed by atoms with van der Waals surface area (Å²) < 4.78 is 0. The molecular formula is C25H20N2. The number of nitrogens with one attached hydrogen (secondary N) is 1. The quantitative estimate of drug-likeness (QED) is 0.392. The maximum atomic E-state index is 4.57.